The first-order valence-electron chi connectivity index (χ1n) is 7.68. The van der Waals surface area contributed by atoms with Gasteiger partial charge in [-0.2, -0.15) is 0 Å². The molecular weight excluding hydrogens is 304 g/mol. The summed E-state index contributed by atoms with van der Waals surface area (Å²) < 4.78 is 1.82. The van der Waals surface area contributed by atoms with Gasteiger partial charge in [0.25, 0.3) is 0 Å². The number of aromatic nitrogens is 4. The van der Waals surface area contributed by atoms with Crippen LogP contribution in [0.3, 0.4) is 0 Å². The molecule has 0 aliphatic heterocycles. The zero-order valence-electron chi connectivity index (χ0n) is 12.9. The number of hydrogen-bond acceptors (Lipinski definition) is 4. The molecule has 0 spiro atoms. The number of benzene rings is 1. The van der Waals surface area contributed by atoms with Crippen molar-refractivity contribution in [1.82, 2.24) is 20.0 Å². The maximum Gasteiger partial charge on any atom is 0.113 e. The lowest BCUT2D eigenvalue weighted by Gasteiger charge is -2.02. The van der Waals surface area contributed by atoms with Crippen LogP contribution in [-0.2, 0) is 6.54 Å². The smallest absolute Gasteiger partial charge is 0.113 e. The van der Waals surface area contributed by atoms with E-state index in [0.717, 1.165) is 22.5 Å². The second-order valence-electron chi connectivity index (χ2n) is 5.85. The third-order valence-corrected chi connectivity index (χ3v) is 4.48. The molecule has 0 radical (unpaired) electrons. The maximum atomic E-state index is 4.29. The van der Waals surface area contributed by atoms with Crippen molar-refractivity contribution in [2.75, 3.05) is 0 Å². The Hall–Kier alpha value is -2.45. The van der Waals surface area contributed by atoms with Crippen LogP contribution in [0.2, 0.25) is 0 Å². The lowest BCUT2D eigenvalue weighted by molar-refractivity contribution is 0.641. The second-order valence-corrected chi connectivity index (χ2v) is 6.57. The molecular formula is C18H16N4S. The fourth-order valence-electron chi connectivity index (χ4n) is 2.42. The Kier molecular flexibility index (Phi) is 3.68. The molecule has 114 valence electrons. The Balaban J connectivity index is 1.55. The van der Waals surface area contributed by atoms with Crippen LogP contribution in [0.15, 0.2) is 35.3 Å². The van der Waals surface area contributed by atoms with E-state index in [1.54, 1.807) is 11.3 Å². The highest BCUT2D eigenvalue weighted by Gasteiger charge is 2.17. The molecule has 3 aromatic rings. The first kappa shape index (κ1) is 14.2. The molecule has 2 aromatic heterocycles. The molecule has 1 aromatic carbocycles. The topological polar surface area (TPSA) is 43.6 Å². The van der Waals surface area contributed by atoms with Gasteiger partial charge in [0.2, 0.25) is 0 Å². The minimum absolute atomic E-state index is 0.626. The molecule has 0 unspecified atom stereocenters. The van der Waals surface area contributed by atoms with Crippen molar-refractivity contribution in [2.24, 2.45) is 5.92 Å². The van der Waals surface area contributed by atoms with Gasteiger partial charge in [-0.15, -0.1) is 16.4 Å². The fraction of sp³-hybridized carbons (Fsp3) is 0.278. The van der Waals surface area contributed by atoms with E-state index in [0.29, 0.717) is 12.5 Å². The van der Waals surface area contributed by atoms with Crippen LogP contribution < -0.4 is 0 Å². The summed E-state index contributed by atoms with van der Waals surface area (Å²) in [6.07, 6.45) is 4.48. The van der Waals surface area contributed by atoms with Crippen LogP contribution in [0, 0.1) is 24.7 Å². The van der Waals surface area contributed by atoms with Gasteiger partial charge in [0, 0.05) is 22.4 Å². The molecule has 0 N–H and O–H groups in total. The summed E-state index contributed by atoms with van der Waals surface area (Å²) in [6, 6.07) is 6.28. The molecule has 23 heavy (non-hydrogen) atoms. The van der Waals surface area contributed by atoms with Gasteiger partial charge < -0.3 is 0 Å². The van der Waals surface area contributed by atoms with Gasteiger partial charge in [-0.05, 0) is 37.5 Å². The van der Waals surface area contributed by atoms with Gasteiger partial charge in [-0.1, -0.05) is 23.1 Å². The van der Waals surface area contributed by atoms with Gasteiger partial charge in [-0.25, -0.2) is 9.67 Å². The summed E-state index contributed by atoms with van der Waals surface area (Å²) in [7, 11) is 0. The minimum atomic E-state index is 0.626. The molecule has 1 aliphatic carbocycles. The Labute approximate surface area is 139 Å². The van der Waals surface area contributed by atoms with E-state index in [2.05, 4.69) is 52.3 Å². The highest BCUT2D eigenvalue weighted by Crippen LogP contribution is 2.28. The maximum absolute atomic E-state index is 4.29. The summed E-state index contributed by atoms with van der Waals surface area (Å²) in [4.78, 5) is 4.28. The molecule has 1 saturated carbocycles. The minimum Gasteiger partial charge on any atom is -0.248 e. The van der Waals surface area contributed by atoms with E-state index in [1.165, 1.54) is 18.4 Å². The quantitative estimate of drug-likeness (QED) is 0.694. The highest BCUT2D eigenvalue weighted by molar-refractivity contribution is 7.07. The van der Waals surface area contributed by atoms with Crippen LogP contribution in [-0.4, -0.2) is 20.0 Å². The molecule has 2 heterocycles. The Morgan fingerprint density at radius 2 is 2.26 bits per heavy atom. The van der Waals surface area contributed by atoms with Crippen LogP contribution in [0.5, 0.6) is 0 Å². The number of hydrogen-bond donors (Lipinski definition) is 0. The monoisotopic (exact) mass is 320 g/mol. The zero-order valence-corrected chi connectivity index (χ0v) is 13.7. The third-order valence-electron chi connectivity index (χ3n) is 3.85. The van der Waals surface area contributed by atoms with E-state index < -0.39 is 0 Å². The Bertz CT molecular complexity index is 879. The van der Waals surface area contributed by atoms with Crippen LogP contribution in [0.25, 0.3) is 11.3 Å². The van der Waals surface area contributed by atoms with Gasteiger partial charge in [0.1, 0.15) is 5.69 Å². The van der Waals surface area contributed by atoms with Crippen molar-refractivity contribution >= 4 is 11.3 Å². The molecule has 5 heteroatoms. The largest absolute Gasteiger partial charge is 0.248 e. The molecule has 4 nitrogen and oxygen atoms in total. The van der Waals surface area contributed by atoms with Crippen molar-refractivity contribution in [3.63, 3.8) is 0 Å². The zero-order chi connectivity index (χ0) is 15.6. The predicted octanol–water partition coefficient (Wildman–Crippen LogP) is 3.52. The van der Waals surface area contributed by atoms with Gasteiger partial charge in [-0.3, -0.25) is 0 Å². The van der Waals surface area contributed by atoms with E-state index in [-0.39, 0.29) is 0 Å². The molecule has 4 rings (SSSR count). The molecule has 0 bridgehead atoms. The van der Waals surface area contributed by atoms with E-state index in [4.69, 9.17) is 0 Å². The number of rotatable bonds is 3. The summed E-state index contributed by atoms with van der Waals surface area (Å²) in [5.74, 6) is 7.19. The molecule has 0 atom stereocenters. The molecule has 1 aliphatic rings. The summed E-state index contributed by atoms with van der Waals surface area (Å²) in [5.41, 5.74) is 7.08. The van der Waals surface area contributed by atoms with Gasteiger partial charge in [0.05, 0.1) is 23.9 Å². The first-order chi connectivity index (χ1) is 11.3. The molecule has 1 fully saturated rings. The average molecular weight is 320 g/mol. The van der Waals surface area contributed by atoms with E-state index in [1.807, 2.05) is 21.8 Å². The van der Waals surface area contributed by atoms with Crippen molar-refractivity contribution < 1.29 is 0 Å². The molecule has 0 amide bonds. The standard InChI is InChI=1S/C18H16N4S/c1-13-8-15(5-4-14-2-3-14)6-7-17(13)18-10-22(21-20-18)9-16-11-23-12-19-16/h6-8,10-12,14H,2-3,9H2,1H3. The SMILES string of the molecule is Cc1cc(C#CC2CC2)ccc1-c1cn(Cc2cscn2)nn1. The lowest BCUT2D eigenvalue weighted by atomic mass is 10.0. The fourth-order valence-corrected chi connectivity index (χ4v) is 2.97. The second kappa shape index (κ2) is 5.98. The summed E-state index contributed by atoms with van der Waals surface area (Å²) >= 11 is 1.59. The van der Waals surface area contributed by atoms with Crippen LogP contribution >= 0.6 is 11.3 Å². The van der Waals surface area contributed by atoms with E-state index in [9.17, 15) is 0 Å². The highest BCUT2D eigenvalue weighted by atomic mass is 32.1. The Morgan fingerprint density at radius 1 is 1.35 bits per heavy atom. The number of thiazole rings is 1. The lowest BCUT2D eigenvalue weighted by Crippen LogP contribution is -2.00. The first-order valence-corrected chi connectivity index (χ1v) is 8.62. The number of aryl methyl sites for hydroxylation is 1. The third kappa shape index (κ3) is 3.33. The number of nitrogens with zero attached hydrogens (tertiary/aromatic N) is 4. The Morgan fingerprint density at radius 3 is 3.00 bits per heavy atom. The van der Waals surface area contributed by atoms with Crippen molar-refractivity contribution in [1.29, 1.82) is 0 Å². The average Bonchev–Trinajstić information content (AvgIpc) is 3.03. The summed E-state index contributed by atoms with van der Waals surface area (Å²) in [5, 5.41) is 10.5. The van der Waals surface area contributed by atoms with E-state index >= 15 is 0 Å². The molecule has 0 saturated heterocycles. The normalized spacial score (nSPS) is 13.6. The van der Waals surface area contributed by atoms with Crippen LogP contribution in [0.4, 0.5) is 0 Å². The summed E-state index contributed by atoms with van der Waals surface area (Å²) in [6.45, 7) is 2.75. The van der Waals surface area contributed by atoms with Crippen molar-refractivity contribution in [3.05, 3.63) is 52.1 Å². The van der Waals surface area contributed by atoms with Gasteiger partial charge in [0.15, 0.2) is 0 Å². The van der Waals surface area contributed by atoms with Crippen molar-refractivity contribution in [3.8, 4) is 23.1 Å². The van der Waals surface area contributed by atoms with Gasteiger partial charge >= 0.3 is 0 Å². The predicted molar refractivity (Wildman–Crippen MR) is 91.0 cm³/mol. The van der Waals surface area contributed by atoms with Crippen molar-refractivity contribution in [2.45, 2.75) is 26.3 Å². The van der Waals surface area contributed by atoms with Crippen LogP contribution in [0.1, 0.15) is 29.7 Å².